The summed E-state index contributed by atoms with van der Waals surface area (Å²) in [5, 5.41) is 5.18. The maximum atomic E-state index is 12.2. The summed E-state index contributed by atoms with van der Waals surface area (Å²) in [5.41, 5.74) is 4.30. The summed E-state index contributed by atoms with van der Waals surface area (Å²) >= 11 is 1.35. The molecule has 0 saturated carbocycles. The summed E-state index contributed by atoms with van der Waals surface area (Å²) in [5.74, 6) is -0.244. The van der Waals surface area contributed by atoms with Gasteiger partial charge in [-0.3, -0.25) is 14.4 Å². The predicted octanol–water partition coefficient (Wildman–Crippen LogP) is 4.17. The van der Waals surface area contributed by atoms with Gasteiger partial charge in [0.05, 0.1) is 17.6 Å². The molecule has 1 amide bonds. The molecule has 0 fully saturated rings. The number of carbonyl (C=O) groups excluding carboxylic acids is 1. The first-order valence-corrected chi connectivity index (χ1v) is 12.2. The molecule has 2 aromatic carbocycles. The molecule has 8 heteroatoms. The highest BCUT2D eigenvalue weighted by atomic mass is 32.2. The van der Waals surface area contributed by atoms with Crippen molar-refractivity contribution in [3.05, 3.63) is 71.1 Å². The van der Waals surface area contributed by atoms with Crippen molar-refractivity contribution < 1.29 is 13.2 Å². The van der Waals surface area contributed by atoms with E-state index in [0.717, 1.165) is 28.1 Å². The van der Waals surface area contributed by atoms with E-state index in [-0.39, 0.29) is 11.9 Å². The van der Waals surface area contributed by atoms with Crippen LogP contribution in [0.3, 0.4) is 0 Å². The van der Waals surface area contributed by atoms with Crippen molar-refractivity contribution in [1.29, 1.82) is 0 Å². The maximum absolute atomic E-state index is 12.2. The normalized spacial score (nSPS) is 16.1. The summed E-state index contributed by atoms with van der Waals surface area (Å²) in [6.45, 7) is 1.90. The first-order chi connectivity index (χ1) is 14.3. The lowest BCUT2D eigenvalue weighted by atomic mass is 10.1. The Hall–Kier alpha value is -2.97. The molecule has 6 nitrogen and oxygen atoms in total. The highest BCUT2D eigenvalue weighted by Crippen LogP contribution is 2.37. The van der Waals surface area contributed by atoms with Crippen molar-refractivity contribution in [2.75, 3.05) is 15.9 Å². The van der Waals surface area contributed by atoms with Crippen LogP contribution in [-0.4, -0.2) is 31.6 Å². The molecule has 1 aliphatic rings. The molecule has 3 aromatic rings. The summed E-state index contributed by atoms with van der Waals surface area (Å²) < 4.78 is 25.6. The number of carbonyl (C=O) groups is 1. The van der Waals surface area contributed by atoms with Gasteiger partial charge in [-0.05, 0) is 42.7 Å². The van der Waals surface area contributed by atoms with Crippen molar-refractivity contribution in [1.82, 2.24) is 4.98 Å². The highest BCUT2D eigenvalue weighted by molar-refractivity contribution is 7.92. The fraction of sp³-hybridized carbons (Fsp3) is 0.182. The minimum absolute atomic E-state index is 0.105. The number of benzene rings is 2. The number of hydrogen-bond donors (Lipinski definition) is 1. The van der Waals surface area contributed by atoms with Gasteiger partial charge in [0.15, 0.2) is 5.13 Å². The lowest BCUT2D eigenvalue weighted by Crippen LogP contribution is -2.34. The Bertz CT molecular complexity index is 1220. The van der Waals surface area contributed by atoms with Crippen molar-refractivity contribution in [3.63, 3.8) is 0 Å². The largest absolute Gasteiger partial charge is 0.298 e. The molecule has 0 spiro atoms. The van der Waals surface area contributed by atoms with Gasteiger partial charge in [0, 0.05) is 23.1 Å². The second-order valence-electron chi connectivity index (χ2n) is 7.23. The van der Waals surface area contributed by atoms with Crippen LogP contribution in [0.5, 0.6) is 0 Å². The Morgan fingerprint density at radius 3 is 2.73 bits per heavy atom. The van der Waals surface area contributed by atoms with Gasteiger partial charge in [-0.25, -0.2) is 13.4 Å². The number of anilines is 2. The van der Waals surface area contributed by atoms with Crippen LogP contribution in [0.1, 0.15) is 18.1 Å². The van der Waals surface area contributed by atoms with Crippen LogP contribution in [0.15, 0.2) is 60.0 Å². The van der Waals surface area contributed by atoms with Crippen LogP contribution in [-0.2, 0) is 21.2 Å². The van der Waals surface area contributed by atoms with Crippen LogP contribution < -0.4 is 9.62 Å². The Labute approximate surface area is 179 Å². The summed E-state index contributed by atoms with van der Waals surface area (Å²) in [4.78, 5) is 16.7. The minimum Gasteiger partial charge on any atom is -0.298 e. The van der Waals surface area contributed by atoms with Gasteiger partial charge < -0.3 is 0 Å². The number of nitrogens with zero attached hydrogens (tertiary/aromatic N) is 2. The van der Waals surface area contributed by atoms with Crippen molar-refractivity contribution in [2.24, 2.45) is 0 Å². The van der Waals surface area contributed by atoms with Crippen LogP contribution in [0, 0.1) is 0 Å². The van der Waals surface area contributed by atoms with Gasteiger partial charge >= 0.3 is 0 Å². The lowest BCUT2D eigenvalue weighted by molar-refractivity contribution is -0.111. The molecule has 0 radical (unpaired) electrons. The number of amides is 1. The molecular weight excluding hydrogens is 418 g/mol. The quantitative estimate of drug-likeness (QED) is 0.605. The highest BCUT2D eigenvalue weighted by Gasteiger charge is 2.32. The molecule has 0 bridgehead atoms. The lowest BCUT2D eigenvalue weighted by Gasteiger charge is -2.21. The van der Waals surface area contributed by atoms with Crippen LogP contribution in [0.4, 0.5) is 10.8 Å². The molecule has 0 saturated heterocycles. The minimum atomic E-state index is -3.31. The molecule has 154 valence electrons. The van der Waals surface area contributed by atoms with Crippen molar-refractivity contribution in [3.8, 4) is 11.3 Å². The number of thiazole rings is 1. The van der Waals surface area contributed by atoms with E-state index in [0.29, 0.717) is 11.6 Å². The number of nitrogens with one attached hydrogen (secondary N) is 1. The molecule has 1 aromatic heterocycles. The SMILES string of the molecule is C[C@@H]1Cc2cc(-c3csc(NC(=O)/C=C/c4ccccc4)n3)ccc2N1S(C)(=O)=O. The standard InChI is InChI=1S/C22H21N3O3S2/c1-15-12-18-13-17(9-10-20(18)25(15)30(2,27)28)19-14-29-22(23-19)24-21(26)11-8-16-6-4-3-5-7-16/h3-11,13-15H,12H2,1-2H3,(H,23,24,26)/b11-8+/t15-/m1/s1. The van der Waals surface area contributed by atoms with Gasteiger partial charge in [-0.15, -0.1) is 11.3 Å². The summed E-state index contributed by atoms with van der Waals surface area (Å²) in [7, 11) is -3.31. The number of sulfonamides is 1. The van der Waals surface area contributed by atoms with E-state index >= 15 is 0 Å². The predicted molar refractivity (Wildman–Crippen MR) is 122 cm³/mol. The topological polar surface area (TPSA) is 79.4 Å². The van der Waals surface area contributed by atoms with E-state index in [9.17, 15) is 13.2 Å². The van der Waals surface area contributed by atoms with E-state index in [1.807, 2.05) is 60.8 Å². The molecule has 2 heterocycles. The molecule has 1 atom stereocenters. The van der Waals surface area contributed by atoms with Crippen LogP contribution in [0.2, 0.25) is 0 Å². The first-order valence-electron chi connectivity index (χ1n) is 9.43. The van der Waals surface area contributed by atoms with E-state index in [1.54, 1.807) is 6.08 Å². The van der Waals surface area contributed by atoms with Gasteiger partial charge in [-0.1, -0.05) is 36.4 Å². The second kappa shape index (κ2) is 8.04. The third-order valence-electron chi connectivity index (χ3n) is 4.85. The molecule has 1 aliphatic heterocycles. The zero-order valence-electron chi connectivity index (χ0n) is 16.6. The smallest absolute Gasteiger partial charge is 0.250 e. The number of aromatic nitrogens is 1. The van der Waals surface area contributed by atoms with Crippen LogP contribution >= 0.6 is 11.3 Å². The summed E-state index contributed by atoms with van der Waals surface area (Å²) in [6, 6.07) is 15.2. The van der Waals surface area contributed by atoms with E-state index < -0.39 is 10.0 Å². The van der Waals surface area contributed by atoms with E-state index in [1.165, 1.54) is 28.0 Å². The average Bonchev–Trinajstić information content (AvgIpc) is 3.29. The number of rotatable bonds is 5. The van der Waals surface area contributed by atoms with Gasteiger partial charge in [-0.2, -0.15) is 0 Å². The third kappa shape index (κ3) is 4.29. The maximum Gasteiger partial charge on any atom is 0.250 e. The zero-order valence-corrected chi connectivity index (χ0v) is 18.2. The fourth-order valence-corrected chi connectivity index (χ4v) is 5.60. The van der Waals surface area contributed by atoms with Crippen LogP contribution in [0.25, 0.3) is 17.3 Å². The van der Waals surface area contributed by atoms with E-state index in [2.05, 4.69) is 10.3 Å². The molecule has 1 N–H and O–H groups in total. The Kier molecular flexibility index (Phi) is 5.44. The summed E-state index contributed by atoms with van der Waals surface area (Å²) in [6.07, 6.45) is 5.12. The van der Waals surface area contributed by atoms with Gasteiger partial charge in [0.2, 0.25) is 15.9 Å². The zero-order chi connectivity index (χ0) is 21.3. The third-order valence-corrected chi connectivity index (χ3v) is 6.88. The Morgan fingerprint density at radius 1 is 1.23 bits per heavy atom. The van der Waals surface area contributed by atoms with E-state index in [4.69, 9.17) is 0 Å². The van der Waals surface area contributed by atoms with Crippen molar-refractivity contribution in [2.45, 2.75) is 19.4 Å². The Morgan fingerprint density at radius 2 is 2.00 bits per heavy atom. The van der Waals surface area contributed by atoms with Crippen molar-refractivity contribution >= 4 is 44.2 Å². The monoisotopic (exact) mass is 439 g/mol. The molecular formula is C22H21N3O3S2. The molecule has 30 heavy (non-hydrogen) atoms. The number of fused-ring (bicyclic) bond motifs is 1. The Balaban J connectivity index is 1.49. The van der Waals surface area contributed by atoms with Gasteiger partial charge in [0.25, 0.3) is 0 Å². The first kappa shape index (κ1) is 20.3. The van der Waals surface area contributed by atoms with Gasteiger partial charge in [0.1, 0.15) is 0 Å². The second-order valence-corrected chi connectivity index (χ2v) is 9.94. The molecule has 4 rings (SSSR count). The molecule has 0 unspecified atom stereocenters. The fourth-order valence-electron chi connectivity index (χ4n) is 3.61. The number of hydrogen-bond acceptors (Lipinski definition) is 5. The molecule has 0 aliphatic carbocycles. The average molecular weight is 440 g/mol.